The van der Waals surface area contributed by atoms with Crippen molar-refractivity contribution in [2.75, 3.05) is 53.1 Å². The molecule has 3 saturated carbocycles. The lowest BCUT2D eigenvalue weighted by atomic mass is 10.0. The first-order valence-corrected chi connectivity index (χ1v) is 22.4. The second-order valence-corrected chi connectivity index (χ2v) is 18.0. The number of nitrogens with one attached hydrogen (secondary N) is 1. The summed E-state index contributed by atoms with van der Waals surface area (Å²) in [5.41, 5.74) is 8.13. The van der Waals surface area contributed by atoms with Crippen LogP contribution in [0.1, 0.15) is 96.6 Å². The zero-order chi connectivity index (χ0) is 42.3. The predicted molar refractivity (Wildman–Crippen MR) is 227 cm³/mol. The number of benzene rings is 1. The molecule has 7 rings (SSSR count). The topological polar surface area (TPSA) is 172 Å². The van der Waals surface area contributed by atoms with Gasteiger partial charge in [-0.3, -0.25) is 19.3 Å². The number of primary amides is 1. The maximum Gasteiger partial charge on any atom is 0.408 e. The molecule has 14 nitrogen and oxygen atoms in total. The molecule has 60 heavy (non-hydrogen) atoms. The average Bonchev–Trinajstić information content (AvgIpc) is 4.08. The van der Waals surface area contributed by atoms with Gasteiger partial charge in [-0.15, -0.1) is 0 Å². The van der Waals surface area contributed by atoms with E-state index < -0.39 is 30.2 Å². The first-order valence-electron chi connectivity index (χ1n) is 22.0. The van der Waals surface area contributed by atoms with Gasteiger partial charge in [-0.05, 0) is 88.3 Å². The number of carbonyl (C=O) groups excluding carboxylic acids is 4. The molecule has 3 aliphatic carbocycles. The van der Waals surface area contributed by atoms with E-state index in [0.717, 1.165) is 76.6 Å². The van der Waals surface area contributed by atoms with Crippen molar-refractivity contribution in [3.8, 4) is 11.5 Å². The summed E-state index contributed by atoms with van der Waals surface area (Å²) >= 11 is 6.97. The summed E-state index contributed by atoms with van der Waals surface area (Å²) in [6.07, 6.45) is 10.6. The van der Waals surface area contributed by atoms with Gasteiger partial charge in [0.05, 0.1) is 44.0 Å². The van der Waals surface area contributed by atoms with Gasteiger partial charge in [0.25, 0.3) is 0 Å². The number of rotatable bonds is 20. The molecule has 0 bridgehead atoms. The van der Waals surface area contributed by atoms with Crippen molar-refractivity contribution in [1.82, 2.24) is 20.1 Å². The number of hydrogen-bond acceptors (Lipinski definition) is 11. The fourth-order valence-electron chi connectivity index (χ4n) is 9.32. The Bertz CT molecular complexity index is 1890. The minimum Gasteiger partial charge on any atom is -0.491 e. The van der Waals surface area contributed by atoms with Crippen molar-refractivity contribution in [2.24, 2.45) is 29.4 Å². The standard InChI is InChI=1S/C45H62ClN5O9/c1-27(2)19-31-24-39(34-11-12-38(40(46)41(34)48-31)58-18-15-50-13-16-57-17-14-50)59-33-25-37(42(47)52)51(26-33)43(53)36(49-45(55)60-32-21-29-20-30(29)22-32)10-8-6-4-5-7-9-28-23-35(28)44(54)56-3/h11-12,19,24,28-30,32-33,35-37H,4-10,13-18,20-23,25-26H2,1-3H3,(H2,47,52)(H,49,55)/t28?,29-,30+,32?,33?,35-,36-,37-/m0/s1. The second kappa shape index (κ2) is 20.2. The highest BCUT2D eigenvalue weighted by Gasteiger charge is 2.48. The van der Waals surface area contributed by atoms with Crippen LogP contribution < -0.4 is 20.5 Å². The molecule has 3 N–H and O–H groups in total. The summed E-state index contributed by atoms with van der Waals surface area (Å²) < 4.78 is 28.9. The van der Waals surface area contributed by atoms with Crippen LogP contribution in [-0.2, 0) is 28.6 Å². The van der Waals surface area contributed by atoms with Crippen LogP contribution in [0, 0.1) is 23.7 Å². The lowest BCUT2D eigenvalue weighted by molar-refractivity contribution is -0.142. The highest BCUT2D eigenvalue weighted by Crippen LogP contribution is 2.52. The van der Waals surface area contributed by atoms with Gasteiger partial charge in [-0.2, -0.15) is 0 Å². The molecule has 5 fully saturated rings. The van der Waals surface area contributed by atoms with E-state index in [-0.39, 0.29) is 36.9 Å². The molecule has 1 aromatic carbocycles. The zero-order valence-electron chi connectivity index (χ0n) is 35.3. The fraction of sp³-hybridized carbons (Fsp3) is 0.667. The van der Waals surface area contributed by atoms with Gasteiger partial charge < -0.3 is 39.6 Å². The van der Waals surface area contributed by atoms with Gasteiger partial charge in [0.1, 0.15) is 47.4 Å². The molecule has 15 heteroatoms. The Labute approximate surface area is 358 Å². The molecule has 3 heterocycles. The minimum absolute atomic E-state index is 0.0502. The number of unbranched alkanes of at least 4 members (excludes halogenated alkanes) is 4. The number of aromatic nitrogens is 1. The van der Waals surface area contributed by atoms with E-state index in [9.17, 15) is 19.2 Å². The van der Waals surface area contributed by atoms with Gasteiger partial charge in [-0.1, -0.05) is 49.3 Å². The molecular weight excluding hydrogens is 790 g/mol. The summed E-state index contributed by atoms with van der Waals surface area (Å²) in [6.45, 7) is 8.39. The Balaban J connectivity index is 1.01. The van der Waals surface area contributed by atoms with Crippen molar-refractivity contribution in [1.29, 1.82) is 0 Å². The smallest absolute Gasteiger partial charge is 0.408 e. The van der Waals surface area contributed by atoms with Crippen LogP contribution in [0.5, 0.6) is 11.5 Å². The average molecular weight is 852 g/mol. The molecule has 3 unspecified atom stereocenters. The number of fused-ring (bicyclic) bond motifs is 2. The van der Waals surface area contributed by atoms with Gasteiger partial charge in [0, 0.05) is 37.5 Å². The number of halogens is 1. The minimum atomic E-state index is -0.929. The quantitative estimate of drug-likeness (QED) is 0.113. The summed E-state index contributed by atoms with van der Waals surface area (Å²) in [4.78, 5) is 60.9. The lowest BCUT2D eigenvalue weighted by Gasteiger charge is -2.28. The number of allylic oxidation sites excluding steroid dienone is 1. The molecule has 2 aliphatic heterocycles. The van der Waals surface area contributed by atoms with Crippen LogP contribution in [0.4, 0.5) is 4.79 Å². The lowest BCUT2D eigenvalue weighted by Crippen LogP contribution is -2.53. The van der Waals surface area contributed by atoms with E-state index in [1.807, 2.05) is 38.1 Å². The van der Waals surface area contributed by atoms with Crippen LogP contribution in [0.25, 0.3) is 17.0 Å². The Kier molecular flexibility index (Phi) is 14.8. The molecule has 0 spiro atoms. The largest absolute Gasteiger partial charge is 0.491 e. The molecule has 3 amide bonds. The highest BCUT2D eigenvalue weighted by atomic mass is 35.5. The molecule has 328 valence electrons. The third kappa shape index (κ3) is 11.4. The molecule has 2 aromatic rings. The van der Waals surface area contributed by atoms with E-state index in [1.54, 1.807) is 0 Å². The fourth-order valence-corrected chi connectivity index (χ4v) is 9.59. The molecule has 2 saturated heterocycles. The van der Waals surface area contributed by atoms with Crippen LogP contribution in [0.15, 0.2) is 23.8 Å². The van der Waals surface area contributed by atoms with E-state index in [0.29, 0.717) is 83.5 Å². The summed E-state index contributed by atoms with van der Waals surface area (Å²) in [5.74, 6) is 1.63. The Morgan fingerprint density at radius 2 is 1.73 bits per heavy atom. The number of nitrogens with zero attached hydrogens (tertiary/aromatic N) is 3. The number of carbonyl (C=O) groups is 4. The highest BCUT2D eigenvalue weighted by molar-refractivity contribution is 6.36. The SMILES string of the molecule is COC(=O)[C@H]1CC1CCCCCCC[C@H](NC(=O)OC1C[C@@H]2C[C@@H]2C1)C(=O)N1CC(Oc2cc(C=C(C)C)nc3c(Cl)c(OCCN4CCOCC4)ccc23)C[C@H]1C(N)=O. The number of ether oxygens (including phenoxy) is 5. The van der Waals surface area contributed by atoms with Crippen molar-refractivity contribution < 1.29 is 42.9 Å². The third-order valence-corrected chi connectivity index (χ3v) is 13.2. The number of hydrogen-bond donors (Lipinski definition) is 2. The van der Waals surface area contributed by atoms with Crippen LogP contribution in [0.2, 0.25) is 5.02 Å². The second-order valence-electron chi connectivity index (χ2n) is 17.6. The van der Waals surface area contributed by atoms with Crippen molar-refractivity contribution in [2.45, 2.75) is 115 Å². The van der Waals surface area contributed by atoms with Gasteiger partial charge in [0.15, 0.2) is 0 Å². The molecule has 8 atom stereocenters. The van der Waals surface area contributed by atoms with Gasteiger partial charge in [0.2, 0.25) is 11.8 Å². The number of alkyl carbamates (subject to hydrolysis) is 1. The summed E-state index contributed by atoms with van der Waals surface area (Å²) in [7, 11) is 1.44. The van der Waals surface area contributed by atoms with Crippen LogP contribution in [-0.4, -0.2) is 116 Å². The van der Waals surface area contributed by atoms with Gasteiger partial charge in [-0.25, -0.2) is 9.78 Å². The van der Waals surface area contributed by atoms with E-state index in [1.165, 1.54) is 18.4 Å². The first-order chi connectivity index (χ1) is 29.0. The zero-order valence-corrected chi connectivity index (χ0v) is 36.1. The van der Waals surface area contributed by atoms with Gasteiger partial charge >= 0.3 is 12.1 Å². The Hall–Kier alpha value is -4.14. The number of methoxy groups -OCH3 is 1. The normalized spacial score (nSPS) is 26.2. The molecule has 0 radical (unpaired) electrons. The number of morpholine rings is 1. The Morgan fingerprint density at radius 1 is 0.983 bits per heavy atom. The summed E-state index contributed by atoms with van der Waals surface area (Å²) in [6, 6.07) is 3.69. The first kappa shape index (κ1) is 43.9. The van der Waals surface area contributed by atoms with Crippen LogP contribution >= 0.6 is 11.6 Å². The molecule has 1 aromatic heterocycles. The van der Waals surface area contributed by atoms with Crippen molar-refractivity contribution in [3.05, 3.63) is 34.5 Å². The Morgan fingerprint density at radius 3 is 2.47 bits per heavy atom. The number of likely N-dealkylation sites (tertiary alicyclic amines) is 1. The summed E-state index contributed by atoms with van der Waals surface area (Å²) in [5, 5.41) is 3.91. The van der Waals surface area contributed by atoms with E-state index >= 15 is 0 Å². The maximum absolute atomic E-state index is 14.4. The number of nitrogens with two attached hydrogens (primary N) is 1. The number of amides is 3. The number of pyridine rings is 1. The molecule has 5 aliphatic rings. The number of esters is 1. The third-order valence-electron chi connectivity index (χ3n) is 12.8. The monoisotopic (exact) mass is 851 g/mol. The van der Waals surface area contributed by atoms with E-state index in [2.05, 4.69) is 10.2 Å². The van der Waals surface area contributed by atoms with Crippen molar-refractivity contribution in [3.63, 3.8) is 0 Å². The van der Waals surface area contributed by atoms with Crippen LogP contribution in [0.3, 0.4) is 0 Å². The van der Waals surface area contributed by atoms with Crippen molar-refractivity contribution >= 4 is 52.5 Å². The van der Waals surface area contributed by atoms with E-state index in [4.69, 9.17) is 46.0 Å². The maximum atomic E-state index is 14.4. The molecular formula is C45H62ClN5O9. The predicted octanol–water partition coefficient (Wildman–Crippen LogP) is 6.29.